The van der Waals surface area contributed by atoms with E-state index >= 15 is 0 Å². The zero-order chi connectivity index (χ0) is 10.6. The van der Waals surface area contributed by atoms with Crippen molar-refractivity contribution >= 4 is 11.6 Å². The second kappa shape index (κ2) is 4.98. The largest absolute Gasteiger partial charge is 0.508 e. The molecule has 2 nitrogen and oxygen atoms in total. The third-order valence-electron chi connectivity index (χ3n) is 1.59. The first-order valence-electron chi connectivity index (χ1n) is 4.10. The van der Waals surface area contributed by atoms with E-state index in [0.29, 0.717) is 23.7 Å². The molecule has 0 aliphatic carbocycles. The van der Waals surface area contributed by atoms with E-state index in [0.717, 1.165) is 6.07 Å². The van der Waals surface area contributed by atoms with E-state index in [4.69, 9.17) is 16.7 Å². The number of rotatable bonds is 4. The van der Waals surface area contributed by atoms with Crippen molar-refractivity contribution in [1.29, 1.82) is 0 Å². The first-order valence-corrected chi connectivity index (χ1v) is 4.48. The van der Waals surface area contributed by atoms with E-state index in [1.165, 1.54) is 12.1 Å². The van der Waals surface area contributed by atoms with Gasteiger partial charge in [0.25, 0.3) is 0 Å². The summed E-state index contributed by atoms with van der Waals surface area (Å²) in [6.45, 7) is 4.40. The molecule has 0 unspecified atom stereocenters. The van der Waals surface area contributed by atoms with Gasteiger partial charge in [0.15, 0.2) is 0 Å². The highest BCUT2D eigenvalue weighted by Crippen LogP contribution is 2.14. The number of halogens is 2. The average molecular weight is 216 g/mol. The van der Waals surface area contributed by atoms with Gasteiger partial charge in [0.05, 0.1) is 0 Å². The Kier molecular flexibility index (Phi) is 3.92. The molecule has 0 bridgehead atoms. The van der Waals surface area contributed by atoms with E-state index in [2.05, 4.69) is 11.9 Å². The smallest absolute Gasteiger partial charge is 0.127 e. The van der Waals surface area contributed by atoms with E-state index in [1.807, 2.05) is 0 Å². The molecular weight excluding hydrogens is 205 g/mol. The molecule has 0 saturated carbocycles. The lowest BCUT2D eigenvalue weighted by Crippen LogP contribution is -2.14. The minimum absolute atomic E-state index is 0.0773. The molecule has 76 valence electrons. The molecule has 1 rings (SSSR count). The molecule has 0 spiro atoms. The van der Waals surface area contributed by atoms with Crippen LogP contribution in [0.1, 0.15) is 5.56 Å². The third-order valence-corrected chi connectivity index (χ3v) is 1.72. The summed E-state index contributed by atoms with van der Waals surface area (Å²) in [7, 11) is 0. The molecule has 0 radical (unpaired) electrons. The monoisotopic (exact) mass is 215 g/mol. The normalized spacial score (nSPS) is 10.1. The molecule has 0 fully saturated rings. The van der Waals surface area contributed by atoms with Crippen LogP contribution in [0.15, 0.2) is 29.8 Å². The molecule has 1 aromatic rings. The Morgan fingerprint density at radius 1 is 1.50 bits per heavy atom. The fourth-order valence-electron chi connectivity index (χ4n) is 1.08. The summed E-state index contributed by atoms with van der Waals surface area (Å²) in [6.07, 6.45) is 0. The third kappa shape index (κ3) is 3.77. The average Bonchev–Trinajstić information content (AvgIpc) is 2.01. The quantitative estimate of drug-likeness (QED) is 0.808. The summed E-state index contributed by atoms with van der Waals surface area (Å²) in [4.78, 5) is 0. The van der Waals surface area contributed by atoms with Crippen LogP contribution in [-0.2, 0) is 6.54 Å². The van der Waals surface area contributed by atoms with Crippen molar-refractivity contribution in [2.24, 2.45) is 0 Å². The maximum absolute atomic E-state index is 12.8. The molecule has 0 aliphatic heterocycles. The predicted octanol–water partition coefficient (Wildman–Crippen LogP) is 2.37. The van der Waals surface area contributed by atoms with Gasteiger partial charge < -0.3 is 10.4 Å². The van der Waals surface area contributed by atoms with Gasteiger partial charge in [0.1, 0.15) is 11.6 Å². The lowest BCUT2D eigenvalue weighted by atomic mass is 10.2. The molecule has 0 aliphatic rings. The van der Waals surface area contributed by atoms with Crippen molar-refractivity contribution in [3.05, 3.63) is 41.2 Å². The van der Waals surface area contributed by atoms with Gasteiger partial charge in [-0.2, -0.15) is 0 Å². The lowest BCUT2D eigenvalue weighted by molar-refractivity contribution is 0.467. The number of benzene rings is 1. The molecule has 0 saturated heterocycles. The zero-order valence-corrected chi connectivity index (χ0v) is 8.31. The lowest BCUT2D eigenvalue weighted by Gasteiger charge is -2.04. The van der Waals surface area contributed by atoms with Crippen molar-refractivity contribution < 1.29 is 9.50 Å². The van der Waals surface area contributed by atoms with Crippen LogP contribution in [0.25, 0.3) is 0 Å². The Bertz CT molecular complexity index is 321. The van der Waals surface area contributed by atoms with Crippen molar-refractivity contribution in [2.75, 3.05) is 6.54 Å². The number of hydrogen-bond donors (Lipinski definition) is 2. The summed E-state index contributed by atoms with van der Waals surface area (Å²) in [6, 6.07) is 3.90. The molecule has 0 atom stereocenters. The fourth-order valence-corrected chi connectivity index (χ4v) is 1.17. The van der Waals surface area contributed by atoms with E-state index in [9.17, 15) is 4.39 Å². The van der Waals surface area contributed by atoms with Crippen molar-refractivity contribution in [1.82, 2.24) is 5.32 Å². The van der Waals surface area contributed by atoms with Crippen LogP contribution in [0, 0.1) is 5.82 Å². The van der Waals surface area contributed by atoms with Crippen LogP contribution in [0.3, 0.4) is 0 Å². The zero-order valence-electron chi connectivity index (χ0n) is 7.56. The van der Waals surface area contributed by atoms with Crippen LogP contribution < -0.4 is 5.32 Å². The minimum Gasteiger partial charge on any atom is -0.508 e. The Balaban J connectivity index is 2.54. The van der Waals surface area contributed by atoms with Gasteiger partial charge in [-0.15, -0.1) is 0 Å². The van der Waals surface area contributed by atoms with E-state index < -0.39 is 5.82 Å². The van der Waals surface area contributed by atoms with Crippen molar-refractivity contribution in [3.63, 3.8) is 0 Å². The highest BCUT2D eigenvalue weighted by molar-refractivity contribution is 6.29. The van der Waals surface area contributed by atoms with Gasteiger partial charge in [-0.1, -0.05) is 18.2 Å². The molecule has 0 amide bonds. The van der Waals surface area contributed by atoms with Gasteiger partial charge in [-0.05, 0) is 17.7 Å². The summed E-state index contributed by atoms with van der Waals surface area (Å²) in [5.74, 6) is -0.530. The van der Waals surface area contributed by atoms with Crippen LogP contribution >= 0.6 is 11.6 Å². The van der Waals surface area contributed by atoms with Gasteiger partial charge >= 0.3 is 0 Å². The Labute approximate surface area is 87.0 Å². The molecule has 14 heavy (non-hydrogen) atoms. The van der Waals surface area contributed by atoms with Crippen LogP contribution in [0.5, 0.6) is 5.75 Å². The number of phenolic OH excluding ortho intramolecular Hbond substituents is 1. The molecular formula is C10H11ClFNO. The van der Waals surface area contributed by atoms with Gasteiger partial charge in [0.2, 0.25) is 0 Å². The number of nitrogens with one attached hydrogen (secondary N) is 1. The van der Waals surface area contributed by atoms with E-state index in [1.54, 1.807) is 0 Å². The molecule has 1 aromatic carbocycles. The van der Waals surface area contributed by atoms with Crippen LogP contribution in [0.4, 0.5) is 4.39 Å². The fraction of sp³-hybridized carbons (Fsp3) is 0.200. The number of phenols is 1. The second-order valence-electron chi connectivity index (χ2n) is 2.94. The molecule has 2 N–H and O–H groups in total. The molecule has 0 heterocycles. The molecule has 4 heteroatoms. The van der Waals surface area contributed by atoms with E-state index in [-0.39, 0.29) is 5.75 Å². The Morgan fingerprint density at radius 2 is 2.21 bits per heavy atom. The van der Waals surface area contributed by atoms with Crippen LogP contribution in [0.2, 0.25) is 0 Å². The standard InChI is InChI=1S/C10H11ClFNO/c1-7(11)5-13-6-8-2-9(12)4-10(14)3-8/h2-4,13-14H,1,5-6H2. The second-order valence-corrected chi connectivity index (χ2v) is 3.47. The Hall–Kier alpha value is -1.06. The van der Waals surface area contributed by atoms with Crippen LogP contribution in [-0.4, -0.2) is 11.7 Å². The van der Waals surface area contributed by atoms with Crippen molar-refractivity contribution in [3.8, 4) is 5.75 Å². The summed E-state index contributed by atoms with van der Waals surface area (Å²) in [5.41, 5.74) is 0.667. The SMILES string of the molecule is C=C(Cl)CNCc1cc(O)cc(F)c1. The van der Waals surface area contributed by atoms with Gasteiger partial charge in [-0.25, -0.2) is 4.39 Å². The van der Waals surface area contributed by atoms with Gasteiger partial charge in [-0.3, -0.25) is 0 Å². The topological polar surface area (TPSA) is 32.3 Å². The summed E-state index contributed by atoms with van der Waals surface area (Å²) >= 11 is 5.53. The summed E-state index contributed by atoms with van der Waals surface area (Å²) < 4.78 is 12.8. The number of hydrogen-bond acceptors (Lipinski definition) is 2. The van der Waals surface area contributed by atoms with Gasteiger partial charge in [0, 0.05) is 24.2 Å². The Morgan fingerprint density at radius 3 is 2.79 bits per heavy atom. The highest BCUT2D eigenvalue weighted by Gasteiger charge is 1.99. The highest BCUT2D eigenvalue weighted by atomic mass is 35.5. The number of aromatic hydroxyl groups is 1. The predicted molar refractivity (Wildman–Crippen MR) is 54.8 cm³/mol. The first-order chi connectivity index (χ1) is 6.58. The summed E-state index contributed by atoms with van der Waals surface area (Å²) in [5, 5.41) is 12.5. The maximum atomic E-state index is 12.8. The maximum Gasteiger partial charge on any atom is 0.127 e. The minimum atomic E-state index is -0.452. The first kappa shape index (κ1) is 11.0. The van der Waals surface area contributed by atoms with Crippen molar-refractivity contribution in [2.45, 2.75) is 6.54 Å². The molecule has 0 aromatic heterocycles.